The molecule has 2 aromatic rings. The zero-order valence-electron chi connectivity index (χ0n) is 16.5. The number of fused-ring (bicyclic) bond motifs is 1. The fourth-order valence-electron chi connectivity index (χ4n) is 3.44. The molecule has 0 spiro atoms. The number of rotatable bonds is 7. The average molecular weight is 405 g/mol. The van der Waals surface area contributed by atoms with Crippen LogP contribution in [0.15, 0.2) is 30.3 Å². The van der Waals surface area contributed by atoms with Crippen LogP contribution >= 0.6 is 0 Å². The van der Waals surface area contributed by atoms with E-state index in [0.29, 0.717) is 61.4 Å². The molecular formula is C21H24FNO6. The highest BCUT2D eigenvalue weighted by atomic mass is 19.1. The van der Waals surface area contributed by atoms with Crippen LogP contribution in [0.3, 0.4) is 0 Å². The van der Waals surface area contributed by atoms with Gasteiger partial charge in [-0.05, 0) is 18.2 Å². The van der Waals surface area contributed by atoms with Crippen LogP contribution < -0.4 is 23.7 Å². The van der Waals surface area contributed by atoms with Crippen LogP contribution in [-0.4, -0.2) is 58.3 Å². The van der Waals surface area contributed by atoms with E-state index in [1.165, 1.54) is 20.3 Å². The van der Waals surface area contributed by atoms with Gasteiger partial charge in [-0.2, -0.15) is 0 Å². The zero-order chi connectivity index (χ0) is 20.2. The smallest absolute Gasteiger partial charge is 0.231 e. The third-order valence-corrected chi connectivity index (χ3v) is 4.95. The zero-order valence-corrected chi connectivity index (χ0v) is 16.5. The maximum atomic E-state index is 14.4. The largest absolute Gasteiger partial charge is 0.493 e. The first-order valence-electron chi connectivity index (χ1n) is 9.43. The van der Waals surface area contributed by atoms with Crippen molar-refractivity contribution < 1.29 is 32.8 Å². The molecule has 0 aromatic heterocycles. The topological polar surface area (TPSA) is 58.6 Å². The van der Waals surface area contributed by atoms with Crippen LogP contribution in [-0.2, 0) is 11.3 Å². The average Bonchev–Trinajstić information content (AvgIpc) is 3.21. The van der Waals surface area contributed by atoms with Crippen LogP contribution in [0.25, 0.3) is 0 Å². The van der Waals surface area contributed by atoms with E-state index in [-0.39, 0.29) is 18.7 Å². The Bertz CT molecular complexity index is 861. The number of morpholine rings is 1. The second-order valence-corrected chi connectivity index (χ2v) is 6.85. The van der Waals surface area contributed by atoms with Crippen molar-refractivity contribution in [1.29, 1.82) is 0 Å². The van der Waals surface area contributed by atoms with E-state index in [1.807, 2.05) is 18.2 Å². The molecule has 0 bridgehead atoms. The molecule has 2 aliphatic heterocycles. The molecule has 29 heavy (non-hydrogen) atoms. The summed E-state index contributed by atoms with van der Waals surface area (Å²) >= 11 is 0. The Morgan fingerprint density at radius 3 is 2.69 bits per heavy atom. The lowest BCUT2D eigenvalue weighted by atomic mass is 10.1. The van der Waals surface area contributed by atoms with Gasteiger partial charge in [0.25, 0.3) is 0 Å². The van der Waals surface area contributed by atoms with Crippen molar-refractivity contribution in [3.8, 4) is 28.7 Å². The fourth-order valence-corrected chi connectivity index (χ4v) is 3.44. The van der Waals surface area contributed by atoms with E-state index in [9.17, 15) is 4.39 Å². The van der Waals surface area contributed by atoms with Gasteiger partial charge >= 0.3 is 0 Å². The Kier molecular flexibility index (Phi) is 5.92. The molecule has 8 heteroatoms. The van der Waals surface area contributed by atoms with Crippen LogP contribution in [0.4, 0.5) is 4.39 Å². The van der Waals surface area contributed by atoms with Crippen molar-refractivity contribution in [3.05, 3.63) is 41.7 Å². The van der Waals surface area contributed by atoms with Gasteiger partial charge in [-0.3, -0.25) is 4.90 Å². The molecule has 4 rings (SSSR count). The van der Waals surface area contributed by atoms with Gasteiger partial charge in [0.15, 0.2) is 23.0 Å². The minimum Gasteiger partial charge on any atom is -0.493 e. The third-order valence-electron chi connectivity index (χ3n) is 4.95. The van der Waals surface area contributed by atoms with E-state index in [0.717, 1.165) is 5.75 Å². The molecule has 7 nitrogen and oxygen atoms in total. The lowest BCUT2D eigenvalue weighted by Crippen LogP contribution is -2.44. The van der Waals surface area contributed by atoms with Gasteiger partial charge < -0.3 is 28.4 Å². The highest BCUT2D eigenvalue weighted by Gasteiger charge is 2.23. The minimum absolute atomic E-state index is 0.114. The summed E-state index contributed by atoms with van der Waals surface area (Å²) in [6, 6.07) is 8.51. The number of methoxy groups -OCH3 is 2. The van der Waals surface area contributed by atoms with Gasteiger partial charge in [0.1, 0.15) is 24.3 Å². The fraction of sp³-hybridized carbons (Fsp3) is 0.429. The lowest BCUT2D eigenvalue weighted by molar-refractivity contribution is -0.0506. The summed E-state index contributed by atoms with van der Waals surface area (Å²) in [5, 5.41) is 0. The van der Waals surface area contributed by atoms with E-state index in [1.54, 1.807) is 6.07 Å². The standard InChI is InChI=1S/C21H24FNO6/c1-24-19-7-14(17(22)9-20(19)25-2)10-23-5-6-26-16(11-23)12-27-15-3-4-18-21(8-15)29-13-28-18/h3-4,7-9,16H,5-6,10-13H2,1-2H3. The summed E-state index contributed by atoms with van der Waals surface area (Å²) < 4.78 is 47.2. The summed E-state index contributed by atoms with van der Waals surface area (Å²) in [5.41, 5.74) is 0.556. The summed E-state index contributed by atoms with van der Waals surface area (Å²) in [6.45, 7) is 2.99. The van der Waals surface area contributed by atoms with Crippen LogP contribution in [0, 0.1) is 5.82 Å². The van der Waals surface area contributed by atoms with E-state index >= 15 is 0 Å². The molecule has 1 atom stereocenters. The Hall–Kier alpha value is -2.71. The second kappa shape index (κ2) is 8.75. The molecule has 1 saturated heterocycles. The van der Waals surface area contributed by atoms with Gasteiger partial charge in [-0.15, -0.1) is 0 Å². The Morgan fingerprint density at radius 2 is 1.86 bits per heavy atom. The second-order valence-electron chi connectivity index (χ2n) is 6.85. The Morgan fingerprint density at radius 1 is 1.07 bits per heavy atom. The predicted molar refractivity (Wildman–Crippen MR) is 103 cm³/mol. The van der Waals surface area contributed by atoms with Crippen molar-refractivity contribution in [2.45, 2.75) is 12.6 Å². The molecule has 0 aliphatic carbocycles. The van der Waals surface area contributed by atoms with Crippen LogP contribution in [0.1, 0.15) is 5.56 Å². The van der Waals surface area contributed by atoms with Crippen molar-refractivity contribution in [2.75, 3.05) is 47.3 Å². The first kappa shape index (κ1) is 19.6. The Balaban J connectivity index is 1.35. The molecule has 0 radical (unpaired) electrons. The van der Waals surface area contributed by atoms with E-state index in [4.69, 9.17) is 28.4 Å². The highest BCUT2D eigenvalue weighted by Crippen LogP contribution is 2.35. The van der Waals surface area contributed by atoms with Gasteiger partial charge in [-0.1, -0.05) is 0 Å². The summed E-state index contributed by atoms with van der Waals surface area (Å²) in [7, 11) is 3.03. The summed E-state index contributed by atoms with van der Waals surface area (Å²) in [4.78, 5) is 2.14. The SMILES string of the molecule is COc1cc(F)c(CN2CCOC(COc3ccc4c(c3)OCO4)C2)cc1OC. The predicted octanol–water partition coefficient (Wildman–Crippen LogP) is 2.85. The first-order chi connectivity index (χ1) is 14.2. The van der Waals surface area contributed by atoms with Gasteiger partial charge in [0.05, 0.1) is 20.8 Å². The minimum atomic E-state index is -0.317. The highest BCUT2D eigenvalue weighted by molar-refractivity contribution is 5.47. The molecule has 2 aromatic carbocycles. The third kappa shape index (κ3) is 4.49. The molecule has 2 heterocycles. The van der Waals surface area contributed by atoms with Crippen molar-refractivity contribution in [3.63, 3.8) is 0 Å². The lowest BCUT2D eigenvalue weighted by Gasteiger charge is -2.33. The summed E-state index contributed by atoms with van der Waals surface area (Å²) in [5.74, 6) is 2.67. The monoisotopic (exact) mass is 405 g/mol. The first-order valence-corrected chi connectivity index (χ1v) is 9.43. The number of hydrogen-bond acceptors (Lipinski definition) is 7. The summed E-state index contributed by atoms with van der Waals surface area (Å²) in [6.07, 6.45) is -0.114. The molecule has 1 fully saturated rings. The maximum Gasteiger partial charge on any atom is 0.231 e. The number of benzene rings is 2. The molecule has 156 valence electrons. The van der Waals surface area contributed by atoms with E-state index in [2.05, 4.69) is 4.90 Å². The quantitative estimate of drug-likeness (QED) is 0.702. The van der Waals surface area contributed by atoms with Crippen molar-refractivity contribution in [2.24, 2.45) is 0 Å². The number of ether oxygens (including phenoxy) is 6. The van der Waals surface area contributed by atoms with Crippen molar-refractivity contribution >= 4 is 0 Å². The van der Waals surface area contributed by atoms with Crippen molar-refractivity contribution in [1.82, 2.24) is 4.90 Å². The Labute approximate surface area is 168 Å². The van der Waals surface area contributed by atoms with E-state index < -0.39 is 0 Å². The van der Waals surface area contributed by atoms with Gasteiger partial charge in [-0.25, -0.2) is 4.39 Å². The normalized spacial score (nSPS) is 18.5. The number of hydrogen-bond donors (Lipinski definition) is 0. The number of nitrogens with zero attached hydrogens (tertiary/aromatic N) is 1. The van der Waals surface area contributed by atoms with Crippen LogP contribution in [0.2, 0.25) is 0 Å². The number of halogens is 1. The molecule has 2 aliphatic rings. The van der Waals surface area contributed by atoms with Gasteiger partial charge in [0.2, 0.25) is 6.79 Å². The molecule has 0 amide bonds. The molecule has 0 N–H and O–H groups in total. The maximum absolute atomic E-state index is 14.4. The van der Waals surface area contributed by atoms with Crippen LogP contribution in [0.5, 0.6) is 28.7 Å². The molecule has 1 unspecified atom stereocenters. The van der Waals surface area contributed by atoms with Gasteiger partial charge in [0, 0.05) is 37.3 Å². The molecular weight excluding hydrogens is 381 g/mol. The molecule has 0 saturated carbocycles.